The van der Waals surface area contributed by atoms with Crippen molar-refractivity contribution in [2.75, 3.05) is 13.7 Å². The van der Waals surface area contributed by atoms with Gasteiger partial charge in [-0.25, -0.2) is 9.59 Å². The molecule has 0 saturated carbocycles. The zero-order chi connectivity index (χ0) is 35.9. The normalized spacial score (nSPS) is 18.4. The number of carbonyl (C=O) groups excluding carboxylic acids is 4. The van der Waals surface area contributed by atoms with Gasteiger partial charge in [-0.2, -0.15) is 0 Å². The number of nitrogens with one attached hydrogen (secondary N) is 3. The molecule has 0 unspecified atom stereocenters. The molecule has 3 atom stereocenters. The second kappa shape index (κ2) is 16.5. The summed E-state index contributed by atoms with van der Waals surface area (Å²) in [6.07, 6.45) is -0.914. The third-order valence-electron chi connectivity index (χ3n) is 7.31. The van der Waals surface area contributed by atoms with Crippen LogP contribution in [0.3, 0.4) is 0 Å². The lowest BCUT2D eigenvalue weighted by Gasteiger charge is -2.26. The predicted octanol–water partition coefficient (Wildman–Crippen LogP) is 5.37. The molecule has 49 heavy (non-hydrogen) atoms. The number of ether oxygens (including phenoxy) is 4. The number of phenolic OH excluding ortho intramolecular Hbond substituents is 1. The quantitative estimate of drug-likeness (QED) is 0.240. The highest BCUT2D eigenvalue weighted by Crippen LogP contribution is 2.42. The monoisotopic (exact) mass is 803 g/mol. The van der Waals surface area contributed by atoms with Crippen molar-refractivity contribution >= 4 is 55.7 Å². The lowest BCUT2D eigenvalue weighted by atomic mass is 10.0. The molecule has 12 nitrogen and oxygen atoms in total. The van der Waals surface area contributed by atoms with Crippen LogP contribution in [0.4, 0.5) is 4.79 Å². The molecule has 4 N–H and O–H groups in total. The maximum atomic E-state index is 13.9. The smallest absolute Gasteiger partial charge is 0.408 e. The van der Waals surface area contributed by atoms with Gasteiger partial charge in [-0.1, -0.05) is 36.4 Å². The highest BCUT2D eigenvalue weighted by molar-refractivity contribution is 9.11. The molecule has 0 spiro atoms. The van der Waals surface area contributed by atoms with Gasteiger partial charge >= 0.3 is 12.1 Å². The van der Waals surface area contributed by atoms with Crippen LogP contribution in [-0.4, -0.2) is 66.4 Å². The number of halogens is 2. The standard InChI is InChI=1S/C35H39Br2N3O9/c1-19-11-21-14-25(40-34(45)49-35(2,3)4)31(42)39-27(18-47-17-20-9-7-6-8-10-20)32(43)38-26(33(44)46-5)15-22-12-23(36)30(24(37)13-22)48-28(16-21)29(19)41/h6-13,16,25-27,41H,14-15,17-18H2,1-5H3,(H,38,43)(H,39,42)(H,40,45)/t25-,26-,27-/m0/s1. The Morgan fingerprint density at radius 2 is 1.63 bits per heavy atom. The second-order valence-electron chi connectivity index (χ2n) is 12.5. The highest BCUT2D eigenvalue weighted by Gasteiger charge is 2.32. The van der Waals surface area contributed by atoms with E-state index in [9.17, 15) is 24.3 Å². The largest absolute Gasteiger partial charge is 0.504 e. The van der Waals surface area contributed by atoms with Crippen molar-refractivity contribution in [3.05, 3.63) is 85.8 Å². The first kappa shape index (κ1) is 37.7. The number of benzene rings is 3. The summed E-state index contributed by atoms with van der Waals surface area (Å²) in [5, 5.41) is 18.9. The molecule has 0 aromatic heterocycles. The fraction of sp³-hybridized carbons (Fsp3) is 0.371. The van der Waals surface area contributed by atoms with Crippen LogP contribution in [0.2, 0.25) is 0 Å². The molecular formula is C35H39Br2N3O9. The molecule has 5 rings (SSSR count). The van der Waals surface area contributed by atoms with Gasteiger partial charge in [0.2, 0.25) is 11.8 Å². The zero-order valence-corrected chi connectivity index (χ0v) is 30.9. The van der Waals surface area contributed by atoms with Crippen LogP contribution in [0.5, 0.6) is 17.2 Å². The Hall–Kier alpha value is -4.14. The lowest BCUT2D eigenvalue weighted by Crippen LogP contribution is -2.58. The van der Waals surface area contributed by atoms with E-state index in [-0.39, 0.29) is 37.6 Å². The Kier molecular flexibility index (Phi) is 12.7. The number of aromatic hydroxyl groups is 1. The van der Waals surface area contributed by atoms with Gasteiger partial charge in [0, 0.05) is 12.8 Å². The van der Waals surface area contributed by atoms with E-state index in [1.807, 2.05) is 30.3 Å². The summed E-state index contributed by atoms with van der Waals surface area (Å²) in [5.74, 6) is -1.84. The number of phenols is 1. The van der Waals surface area contributed by atoms with E-state index in [1.54, 1.807) is 52.0 Å². The van der Waals surface area contributed by atoms with Gasteiger partial charge in [0.15, 0.2) is 17.2 Å². The van der Waals surface area contributed by atoms with Crippen molar-refractivity contribution in [3.8, 4) is 17.2 Å². The van der Waals surface area contributed by atoms with Gasteiger partial charge in [-0.05, 0) is 100 Å². The van der Waals surface area contributed by atoms with Crippen LogP contribution in [-0.2, 0) is 48.0 Å². The molecule has 3 aromatic carbocycles. The number of esters is 1. The van der Waals surface area contributed by atoms with Gasteiger partial charge in [0.05, 0.1) is 29.3 Å². The summed E-state index contributed by atoms with van der Waals surface area (Å²) < 4.78 is 23.4. The molecule has 14 heteroatoms. The third kappa shape index (κ3) is 10.7. The molecule has 262 valence electrons. The van der Waals surface area contributed by atoms with Crippen LogP contribution < -0.4 is 20.7 Å². The number of aryl methyl sites for hydroxylation is 1. The van der Waals surface area contributed by atoms with Gasteiger partial charge in [-0.15, -0.1) is 0 Å². The van der Waals surface area contributed by atoms with Gasteiger partial charge in [0.25, 0.3) is 0 Å². The van der Waals surface area contributed by atoms with Crippen LogP contribution in [0, 0.1) is 6.92 Å². The third-order valence-corrected chi connectivity index (χ3v) is 8.49. The molecule has 0 radical (unpaired) electrons. The number of carbonyl (C=O) groups is 4. The minimum atomic E-state index is -1.29. The molecule has 3 amide bonds. The van der Waals surface area contributed by atoms with E-state index in [0.717, 1.165) is 5.56 Å². The van der Waals surface area contributed by atoms with Crippen molar-refractivity contribution in [2.45, 2.75) is 70.9 Å². The van der Waals surface area contributed by atoms with E-state index in [1.165, 1.54) is 7.11 Å². The first-order chi connectivity index (χ1) is 23.1. The summed E-state index contributed by atoms with van der Waals surface area (Å²) in [6.45, 7) is 6.62. The number of alkyl carbamates (subject to hydrolysis) is 1. The summed E-state index contributed by atoms with van der Waals surface area (Å²) >= 11 is 7.04. The number of fused-ring (bicyclic) bond motifs is 10. The summed E-state index contributed by atoms with van der Waals surface area (Å²) in [6, 6.07) is 12.2. The number of amides is 3. The molecule has 0 aliphatic carbocycles. The van der Waals surface area contributed by atoms with Gasteiger partial charge < -0.3 is 40.0 Å². The van der Waals surface area contributed by atoms with E-state index in [4.69, 9.17) is 18.9 Å². The lowest BCUT2D eigenvalue weighted by molar-refractivity contribution is -0.145. The fourth-order valence-electron chi connectivity index (χ4n) is 5.01. The second-order valence-corrected chi connectivity index (χ2v) is 14.2. The fourth-order valence-corrected chi connectivity index (χ4v) is 6.46. The maximum absolute atomic E-state index is 13.9. The Balaban J connectivity index is 1.78. The number of hydrogen-bond acceptors (Lipinski definition) is 9. The minimum absolute atomic E-state index is 0.0180. The summed E-state index contributed by atoms with van der Waals surface area (Å²) in [4.78, 5) is 53.6. The van der Waals surface area contributed by atoms with E-state index < -0.39 is 47.6 Å². The van der Waals surface area contributed by atoms with Crippen LogP contribution in [0.25, 0.3) is 0 Å². The van der Waals surface area contributed by atoms with E-state index in [2.05, 4.69) is 47.8 Å². The zero-order valence-electron chi connectivity index (χ0n) is 27.7. The van der Waals surface area contributed by atoms with Crippen molar-refractivity contribution in [1.82, 2.24) is 16.0 Å². The van der Waals surface area contributed by atoms with E-state index >= 15 is 0 Å². The predicted molar refractivity (Wildman–Crippen MR) is 187 cm³/mol. The highest BCUT2D eigenvalue weighted by atomic mass is 79.9. The first-order valence-corrected chi connectivity index (χ1v) is 17.0. The Morgan fingerprint density at radius 3 is 2.27 bits per heavy atom. The van der Waals surface area contributed by atoms with E-state index in [0.29, 0.717) is 31.4 Å². The molecule has 0 saturated heterocycles. The summed E-state index contributed by atoms with van der Waals surface area (Å²) in [5.41, 5.74) is 1.60. The van der Waals surface area contributed by atoms with Crippen LogP contribution >= 0.6 is 31.9 Å². The van der Waals surface area contributed by atoms with Crippen molar-refractivity contribution in [1.29, 1.82) is 0 Å². The minimum Gasteiger partial charge on any atom is -0.504 e. The van der Waals surface area contributed by atoms with Crippen molar-refractivity contribution < 1.29 is 43.2 Å². The molecule has 2 aliphatic heterocycles. The number of hydrogen-bond donors (Lipinski definition) is 4. The SMILES string of the molecule is COC(=O)[C@@H]1Cc2cc(Br)c(c(Br)c2)Oc2cc(cc(C)c2O)C[C@H](NC(=O)OC(C)(C)C)C(=O)N[C@@H](COCc2ccccc2)C(=O)N1. The van der Waals surface area contributed by atoms with Crippen molar-refractivity contribution in [2.24, 2.45) is 0 Å². The Morgan fingerprint density at radius 1 is 0.980 bits per heavy atom. The Labute approximate surface area is 301 Å². The summed E-state index contributed by atoms with van der Waals surface area (Å²) in [7, 11) is 1.21. The molecular weight excluding hydrogens is 766 g/mol. The average molecular weight is 806 g/mol. The molecule has 3 aromatic rings. The van der Waals surface area contributed by atoms with Gasteiger partial charge in [0.1, 0.15) is 23.7 Å². The number of rotatable bonds is 6. The molecule has 0 fully saturated rings. The van der Waals surface area contributed by atoms with Crippen LogP contribution in [0.15, 0.2) is 63.5 Å². The molecule has 2 heterocycles. The van der Waals surface area contributed by atoms with Crippen molar-refractivity contribution in [3.63, 3.8) is 0 Å². The molecule has 4 bridgehead atoms. The molecule has 2 aliphatic rings. The topological polar surface area (TPSA) is 162 Å². The Bertz CT molecular complexity index is 1670. The first-order valence-electron chi connectivity index (χ1n) is 15.4. The maximum Gasteiger partial charge on any atom is 0.408 e. The van der Waals surface area contributed by atoms with Gasteiger partial charge in [-0.3, -0.25) is 9.59 Å². The number of methoxy groups -OCH3 is 1. The average Bonchev–Trinajstić information content (AvgIpc) is 3.02. The van der Waals surface area contributed by atoms with Crippen LogP contribution in [0.1, 0.15) is 43.0 Å².